The fourth-order valence-corrected chi connectivity index (χ4v) is 4.30. The lowest BCUT2D eigenvalue weighted by Crippen LogP contribution is -2.67. The van der Waals surface area contributed by atoms with Gasteiger partial charge in [-0.25, -0.2) is 0 Å². The van der Waals surface area contributed by atoms with Gasteiger partial charge in [-0.3, -0.25) is 4.90 Å². The third kappa shape index (κ3) is 3.06. The number of nitrogens with zero attached hydrogens (tertiary/aromatic N) is 2. The molecule has 0 radical (unpaired) electrons. The molecule has 0 bridgehead atoms. The Balaban J connectivity index is 2.13. The second-order valence-electron chi connectivity index (χ2n) is 6.92. The predicted molar refractivity (Wildman–Crippen MR) is 78.0 cm³/mol. The van der Waals surface area contributed by atoms with Gasteiger partial charge in [0, 0.05) is 37.3 Å². The third-order valence-electron chi connectivity index (χ3n) is 4.68. The quantitative estimate of drug-likeness (QED) is 0.829. The minimum Gasteiger partial charge on any atom is -0.318 e. The van der Waals surface area contributed by atoms with E-state index in [1.54, 1.807) is 0 Å². The summed E-state index contributed by atoms with van der Waals surface area (Å²) in [5.41, 5.74) is 0.316. The van der Waals surface area contributed by atoms with Crippen molar-refractivity contribution in [1.82, 2.24) is 15.1 Å². The molecule has 0 amide bonds. The van der Waals surface area contributed by atoms with Crippen LogP contribution in [0, 0.1) is 0 Å². The van der Waals surface area contributed by atoms with Crippen LogP contribution in [0.5, 0.6) is 0 Å². The molecule has 18 heavy (non-hydrogen) atoms. The van der Waals surface area contributed by atoms with Gasteiger partial charge >= 0.3 is 0 Å². The molecule has 3 nitrogen and oxygen atoms in total. The lowest BCUT2D eigenvalue weighted by Gasteiger charge is -2.55. The van der Waals surface area contributed by atoms with Crippen LogP contribution in [-0.2, 0) is 0 Å². The molecule has 1 aliphatic heterocycles. The number of piperazine rings is 1. The van der Waals surface area contributed by atoms with E-state index in [0.717, 1.165) is 12.6 Å². The summed E-state index contributed by atoms with van der Waals surface area (Å²) in [6.07, 6.45) is 7.13. The summed E-state index contributed by atoms with van der Waals surface area (Å²) in [4.78, 5) is 5.35. The van der Waals surface area contributed by atoms with Crippen molar-refractivity contribution in [1.29, 1.82) is 0 Å². The van der Waals surface area contributed by atoms with Gasteiger partial charge in [0.05, 0.1) is 0 Å². The van der Waals surface area contributed by atoms with Crippen LogP contribution in [0.15, 0.2) is 0 Å². The SMILES string of the molecule is CNCC1CN(C)CC(C)(C)N1C1CCCCC1. The average Bonchev–Trinajstić information content (AvgIpc) is 2.28. The van der Waals surface area contributed by atoms with E-state index < -0.39 is 0 Å². The molecule has 2 aliphatic rings. The molecule has 1 unspecified atom stereocenters. The van der Waals surface area contributed by atoms with E-state index in [-0.39, 0.29) is 0 Å². The van der Waals surface area contributed by atoms with Gasteiger partial charge in [0.25, 0.3) is 0 Å². The molecule has 2 rings (SSSR count). The first-order valence-electron chi connectivity index (χ1n) is 7.66. The van der Waals surface area contributed by atoms with Crippen LogP contribution >= 0.6 is 0 Å². The first kappa shape index (κ1) is 14.3. The van der Waals surface area contributed by atoms with Crippen LogP contribution in [0.3, 0.4) is 0 Å². The van der Waals surface area contributed by atoms with E-state index in [1.165, 1.54) is 45.2 Å². The molecule has 1 atom stereocenters. The van der Waals surface area contributed by atoms with Gasteiger partial charge in [-0.15, -0.1) is 0 Å². The van der Waals surface area contributed by atoms with E-state index in [2.05, 4.69) is 43.1 Å². The van der Waals surface area contributed by atoms with Crippen molar-refractivity contribution in [2.24, 2.45) is 0 Å². The summed E-state index contributed by atoms with van der Waals surface area (Å²) in [6.45, 7) is 8.38. The van der Waals surface area contributed by atoms with E-state index >= 15 is 0 Å². The smallest absolute Gasteiger partial charge is 0.0356 e. The highest BCUT2D eigenvalue weighted by Crippen LogP contribution is 2.33. The normalized spacial score (nSPS) is 31.7. The maximum atomic E-state index is 3.40. The minimum atomic E-state index is 0.316. The fourth-order valence-electron chi connectivity index (χ4n) is 4.30. The molecule has 0 spiro atoms. The van der Waals surface area contributed by atoms with Gasteiger partial charge in [0.1, 0.15) is 0 Å². The Morgan fingerprint density at radius 1 is 1.17 bits per heavy atom. The van der Waals surface area contributed by atoms with E-state index in [4.69, 9.17) is 0 Å². The van der Waals surface area contributed by atoms with Gasteiger partial charge in [-0.05, 0) is 40.8 Å². The first-order chi connectivity index (χ1) is 8.54. The van der Waals surface area contributed by atoms with Crippen LogP contribution in [0.2, 0.25) is 0 Å². The molecule has 2 fully saturated rings. The van der Waals surface area contributed by atoms with Crippen molar-refractivity contribution in [2.45, 2.75) is 63.6 Å². The predicted octanol–water partition coefficient (Wildman–Crippen LogP) is 1.93. The Morgan fingerprint density at radius 3 is 2.44 bits per heavy atom. The van der Waals surface area contributed by atoms with Crippen LogP contribution in [0.4, 0.5) is 0 Å². The largest absolute Gasteiger partial charge is 0.318 e. The number of rotatable bonds is 3. The molecule has 0 aromatic carbocycles. The Morgan fingerprint density at radius 2 is 1.83 bits per heavy atom. The summed E-state index contributed by atoms with van der Waals surface area (Å²) in [6, 6.07) is 1.49. The molecule has 1 N–H and O–H groups in total. The molecule has 1 heterocycles. The van der Waals surface area contributed by atoms with Crippen molar-refractivity contribution < 1.29 is 0 Å². The Labute approximate surface area is 113 Å². The fraction of sp³-hybridized carbons (Fsp3) is 1.00. The number of hydrogen-bond acceptors (Lipinski definition) is 3. The lowest BCUT2D eigenvalue weighted by molar-refractivity contribution is -0.0545. The topological polar surface area (TPSA) is 18.5 Å². The van der Waals surface area contributed by atoms with Gasteiger partial charge in [0.15, 0.2) is 0 Å². The third-order valence-corrected chi connectivity index (χ3v) is 4.68. The summed E-state index contributed by atoms with van der Waals surface area (Å²) in [5.74, 6) is 0. The first-order valence-corrected chi connectivity index (χ1v) is 7.66. The second-order valence-corrected chi connectivity index (χ2v) is 6.92. The lowest BCUT2D eigenvalue weighted by atomic mass is 9.86. The Hall–Kier alpha value is -0.120. The van der Waals surface area contributed by atoms with E-state index in [0.29, 0.717) is 11.6 Å². The Kier molecular flexibility index (Phi) is 4.68. The maximum absolute atomic E-state index is 3.40. The molecule has 1 aliphatic carbocycles. The van der Waals surface area contributed by atoms with Crippen molar-refractivity contribution in [3.05, 3.63) is 0 Å². The second kappa shape index (κ2) is 5.89. The molecular formula is C15H31N3. The van der Waals surface area contributed by atoms with Crippen LogP contribution in [0.25, 0.3) is 0 Å². The van der Waals surface area contributed by atoms with Crippen molar-refractivity contribution in [2.75, 3.05) is 33.7 Å². The molecule has 1 saturated carbocycles. The van der Waals surface area contributed by atoms with Crippen LogP contribution in [-0.4, -0.2) is 61.2 Å². The molecule has 0 aromatic rings. The van der Waals surface area contributed by atoms with Crippen LogP contribution < -0.4 is 5.32 Å². The number of nitrogens with one attached hydrogen (secondary N) is 1. The highest BCUT2D eigenvalue weighted by Gasteiger charge is 2.42. The van der Waals surface area contributed by atoms with E-state index in [1.807, 2.05) is 0 Å². The summed E-state index contributed by atoms with van der Waals surface area (Å²) < 4.78 is 0. The monoisotopic (exact) mass is 253 g/mol. The van der Waals surface area contributed by atoms with Gasteiger partial charge in [0.2, 0.25) is 0 Å². The van der Waals surface area contributed by atoms with Gasteiger partial charge in [-0.1, -0.05) is 19.3 Å². The summed E-state index contributed by atoms with van der Waals surface area (Å²) in [7, 11) is 4.35. The van der Waals surface area contributed by atoms with Crippen molar-refractivity contribution >= 4 is 0 Å². The molecule has 0 aromatic heterocycles. The molecule has 106 valence electrons. The summed E-state index contributed by atoms with van der Waals surface area (Å²) >= 11 is 0. The summed E-state index contributed by atoms with van der Waals surface area (Å²) in [5, 5.41) is 3.40. The molecule has 1 saturated heterocycles. The highest BCUT2D eigenvalue weighted by atomic mass is 15.3. The number of likely N-dealkylation sites (N-methyl/N-ethyl adjacent to an activating group) is 2. The molecular weight excluding hydrogens is 222 g/mol. The standard InChI is InChI=1S/C15H31N3/c1-15(2)12-17(4)11-14(10-16-3)18(15)13-8-6-5-7-9-13/h13-14,16H,5-12H2,1-4H3. The van der Waals surface area contributed by atoms with Gasteiger partial charge in [-0.2, -0.15) is 0 Å². The zero-order chi connectivity index (χ0) is 13.2. The Bertz CT molecular complexity index is 258. The van der Waals surface area contributed by atoms with Crippen LogP contribution in [0.1, 0.15) is 46.0 Å². The van der Waals surface area contributed by atoms with Crippen molar-refractivity contribution in [3.8, 4) is 0 Å². The number of hydrogen-bond donors (Lipinski definition) is 1. The maximum Gasteiger partial charge on any atom is 0.0356 e. The zero-order valence-corrected chi connectivity index (χ0v) is 12.7. The minimum absolute atomic E-state index is 0.316. The highest BCUT2D eigenvalue weighted by molar-refractivity contribution is 4.99. The van der Waals surface area contributed by atoms with Crippen molar-refractivity contribution in [3.63, 3.8) is 0 Å². The van der Waals surface area contributed by atoms with E-state index in [9.17, 15) is 0 Å². The van der Waals surface area contributed by atoms with Gasteiger partial charge < -0.3 is 10.2 Å². The average molecular weight is 253 g/mol. The molecule has 3 heteroatoms. The zero-order valence-electron chi connectivity index (χ0n) is 12.7.